The highest BCUT2D eigenvalue weighted by Gasteiger charge is 2.28. The Hall–Kier alpha value is -3.74. The fourth-order valence-corrected chi connectivity index (χ4v) is 3.75. The molecule has 0 saturated heterocycles. The molecule has 0 fully saturated rings. The second-order valence-electron chi connectivity index (χ2n) is 7.23. The van der Waals surface area contributed by atoms with Gasteiger partial charge in [0.2, 0.25) is 0 Å². The van der Waals surface area contributed by atoms with Crippen molar-refractivity contribution in [1.82, 2.24) is 15.3 Å². The molecule has 2 N–H and O–H groups in total. The number of nitrogens with one attached hydrogen (secondary N) is 2. The number of rotatable bonds is 4. The number of pyridine rings is 1. The Morgan fingerprint density at radius 3 is 2.87 bits per heavy atom. The second kappa shape index (κ2) is 7.26. The molecule has 0 bridgehead atoms. The molecule has 1 amide bonds. The lowest BCUT2D eigenvalue weighted by Crippen LogP contribution is -2.34. The number of H-pyrrole nitrogens is 1. The van der Waals surface area contributed by atoms with Crippen molar-refractivity contribution in [3.05, 3.63) is 83.7 Å². The van der Waals surface area contributed by atoms with Crippen LogP contribution in [-0.4, -0.2) is 28.5 Å². The second-order valence-corrected chi connectivity index (χ2v) is 7.23. The van der Waals surface area contributed by atoms with Gasteiger partial charge in [0, 0.05) is 34.6 Å². The first kappa shape index (κ1) is 18.3. The van der Waals surface area contributed by atoms with Crippen LogP contribution in [0.2, 0.25) is 0 Å². The van der Waals surface area contributed by atoms with E-state index in [2.05, 4.69) is 15.3 Å². The summed E-state index contributed by atoms with van der Waals surface area (Å²) >= 11 is 0. The molecule has 5 rings (SSSR count). The minimum atomic E-state index is -0.360. The lowest BCUT2D eigenvalue weighted by molar-refractivity contribution is 0.0929. The molecule has 1 aliphatic heterocycles. The molecule has 1 aliphatic rings. The van der Waals surface area contributed by atoms with Gasteiger partial charge in [-0.2, -0.15) is 0 Å². The van der Waals surface area contributed by atoms with Crippen molar-refractivity contribution in [2.45, 2.75) is 12.5 Å². The average Bonchev–Trinajstić information content (AvgIpc) is 3.35. The van der Waals surface area contributed by atoms with Crippen molar-refractivity contribution in [2.24, 2.45) is 0 Å². The highest BCUT2D eigenvalue weighted by Crippen LogP contribution is 2.38. The highest BCUT2D eigenvalue weighted by molar-refractivity contribution is 5.98. The summed E-state index contributed by atoms with van der Waals surface area (Å²) < 4.78 is 33.5. The van der Waals surface area contributed by atoms with Gasteiger partial charge in [-0.05, 0) is 48.5 Å². The smallest absolute Gasteiger partial charge is 0.267 e. The number of fused-ring (bicyclic) bond motifs is 2. The molecule has 1 unspecified atom stereocenters. The van der Waals surface area contributed by atoms with E-state index in [1.54, 1.807) is 30.5 Å². The number of carbonyl (C=O) groups excluding carboxylic acids is 1. The SMILES string of the molecule is O=C(NCC1Cc2cc(F)cc(-c3ccccn3)c2O1)c1cc2cc(F)ccc2[nH]1. The van der Waals surface area contributed by atoms with Gasteiger partial charge >= 0.3 is 0 Å². The Bertz CT molecular complexity index is 1250. The third kappa shape index (κ3) is 3.39. The van der Waals surface area contributed by atoms with Crippen molar-refractivity contribution in [3.8, 4) is 17.0 Å². The van der Waals surface area contributed by atoms with Crippen LogP contribution >= 0.6 is 0 Å². The van der Waals surface area contributed by atoms with E-state index in [0.717, 1.165) is 5.56 Å². The Morgan fingerprint density at radius 1 is 1.13 bits per heavy atom. The minimum absolute atomic E-state index is 0.251. The van der Waals surface area contributed by atoms with Gasteiger partial charge in [-0.1, -0.05) is 6.07 Å². The molecule has 4 aromatic rings. The molecule has 30 heavy (non-hydrogen) atoms. The molecular formula is C23H17F2N3O2. The van der Waals surface area contributed by atoms with E-state index in [-0.39, 0.29) is 30.2 Å². The number of hydrogen-bond acceptors (Lipinski definition) is 3. The molecule has 150 valence electrons. The normalized spacial score (nSPS) is 15.1. The predicted molar refractivity (Wildman–Crippen MR) is 108 cm³/mol. The minimum Gasteiger partial charge on any atom is -0.487 e. The maximum atomic E-state index is 14.1. The summed E-state index contributed by atoms with van der Waals surface area (Å²) in [6, 6.07) is 14.2. The van der Waals surface area contributed by atoms with E-state index in [9.17, 15) is 13.6 Å². The Morgan fingerprint density at radius 2 is 2.03 bits per heavy atom. The molecule has 2 aromatic heterocycles. The van der Waals surface area contributed by atoms with Gasteiger partial charge < -0.3 is 15.0 Å². The summed E-state index contributed by atoms with van der Waals surface area (Å²) in [7, 11) is 0. The van der Waals surface area contributed by atoms with Crippen LogP contribution in [0.1, 0.15) is 16.1 Å². The standard InChI is InChI=1S/C23H17F2N3O2/c24-15-4-5-19-13(7-15)10-21(28-19)23(29)27-12-17-9-14-8-16(25)11-18(22(14)30-17)20-3-1-2-6-26-20/h1-8,10-11,17,28H,9,12H2,(H,27,29). The van der Waals surface area contributed by atoms with Gasteiger partial charge in [0.1, 0.15) is 29.2 Å². The van der Waals surface area contributed by atoms with E-state index < -0.39 is 0 Å². The number of hydrogen-bond donors (Lipinski definition) is 2. The predicted octanol–water partition coefficient (Wildman–Crippen LogP) is 4.24. The largest absolute Gasteiger partial charge is 0.487 e. The van der Waals surface area contributed by atoms with Gasteiger partial charge in [0.25, 0.3) is 5.91 Å². The summed E-state index contributed by atoms with van der Waals surface area (Å²) in [5.74, 6) is -0.438. The fraction of sp³-hybridized carbons (Fsp3) is 0.130. The molecule has 0 spiro atoms. The van der Waals surface area contributed by atoms with Gasteiger partial charge in [-0.25, -0.2) is 8.78 Å². The maximum absolute atomic E-state index is 14.1. The van der Waals surface area contributed by atoms with Crippen molar-refractivity contribution in [3.63, 3.8) is 0 Å². The topological polar surface area (TPSA) is 67.0 Å². The maximum Gasteiger partial charge on any atom is 0.267 e. The average molecular weight is 405 g/mol. The van der Waals surface area contributed by atoms with Crippen LogP contribution < -0.4 is 10.1 Å². The molecule has 3 heterocycles. The lowest BCUT2D eigenvalue weighted by atomic mass is 10.0. The van der Waals surface area contributed by atoms with E-state index in [4.69, 9.17) is 4.74 Å². The molecule has 0 aliphatic carbocycles. The Labute approximate surface area is 170 Å². The Balaban J connectivity index is 1.31. The Kier molecular flexibility index (Phi) is 4.43. The monoisotopic (exact) mass is 405 g/mol. The van der Waals surface area contributed by atoms with Crippen LogP contribution in [0.4, 0.5) is 8.78 Å². The first-order chi connectivity index (χ1) is 14.6. The van der Waals surface area contributed by atoms with Crippen molar-refractivity contribution in [1.29, 1.82) is 0 Å². The lowest BCUT2D eigenvalue weighted by Gasteiger charge is -2.13. The summed E-state index contributed by atoms with van der Waals surface area (Å²) in [6.07, 6.45) is 1.80. The molecule has 5 nitrogen and oxygen atoms in total. The van der Waals surface area contributed by atoms with E-state index in [0.29, 0.717) is 40.0 Å². The van der Waals surface area contributed by atoms with Crippen molar-refractivity contribution in [2.75, 3.05) is 6.54 Å². The zero-order valence-electron chi connectivity index (χ0n) is 15.8. The van der Waals surface area contributed by atoms with E-state index >= 15 is 0 Å². The van der Waals surface area contributed by atoms with Gasteiger partial charge in [-0.3, -0.25) is 9.78 Å². The van der Waals surface area contributed by atoms with Crippen LogP contribution in [0.3, 0.4) is 0 Å². The zero-order valence-corrected chi connectivity index (χ0v) is 15.8. The molecule has 7 heteroatoms. The number of halogens is 2. The number of carbonyl (C=O) groups is 1. The van der Waals surface area contributed by atoms with Gasteiger partial charge in [0.15, 0.2) is 0 Å². The van der Waals surface area contributed by atoms with E-state index in [1.165, 1.54) is 24.3 Å². The third-order valence-electron chi connectivity index (χ3n) is 5.12. The first-order valence-corrected chi connectivity index (χ1v) is 9.54. The summed E-state index contributed by atoms with van der Waals surface area (Å²) in [6.45, 7) is 0.251. The molecule has 1 atom stereocenters. The van der Waals surface area contributed by atoms with Crippen molar-refractivity contribution >= 4 is 16.8 Å². The summed E-state index contributed by atoms with van der Waals surface area (Å²) in [5.41, 5.74) is 2.99. The zero-order chi connectivity index (χ0) is 20.7. The number of aromatic nitrogens is 2. The van der Waals surface area contributed by atoms with Crippen molar-refractivity contribution < 1.29 is 18.3 Å². The summed E-state index contributed by atoms with van der Waals surface area (Å²) in [4.78, 5) is 19.8. The van der Waals surface area contributed by atoms with Gasteiger partial charge in [-0.15, -0.1) is 0 Å². The molecule has 0 saturated carbocycles. The van der Waals surface area contributed by atoms with Crippen LogP contribution in [0.25, 0.3) is 22.2 Å². The van der Waals surface area contributed by atoms with E-state index in [1.807, 2.05) is 6.07 Å². The fourth-order valence-electron chi connectivity index (χ4n) is 3.75. The summed E-state index contributed by atoms with van der Waals surface area (Å²) in [5, 5.41) is 3.45. The van der Waals surface area contributed by atoms with Gasteiger partial charge in [0.05, 0.1) is 12.2 Å². The van der Waals surface area contributed by atoms with Crippen LogP contribution in [0.5, 0.6) is 5.75 Å². The molecule has 2 aromatic carbocycles. The third-order valence-corrected chi connectivity index (χ3v) is 5.12. The molecule has 0 radical (unpaired) electrons. The van der Waals surface area contributed by atoms with Crippen LogP contribution in [0, 0.1) is 11.6 Å². The first-order valence-electron chi connectivity index (χ1n) is 9.54. The number of aromatic amines is 1. The number of amides is 1. The van der Waals surface area contributed by atoms with Crippen LogP contribution in [-0.2, 0) is 6.42 Å². The highest BCUT2D eigenvalue weighted by atomic mass is 19.1. The molecular weight excluding hydrogens is 388 g/mol. The number of ether oxygens (including phenoxy) is 1. The number of nitrogens with zero attached hydrogens (tertiary/aromatic N) is 1. The van der Waals surface area contributed by atoms with Crippen LogP contribution in [0.15, 0.2) is 60.8 Å². The number of benzene rings is 2. The quantitative estimate of drug-likeness (QED) is 0.534.